The molecular formula is C28H22BrN5O. The van der Waals surface area contributed by atoms with Crippen molar-refractivity contribution < 1.29 is 4.79 Å². The molecule has 5 aromatic rings. The largest absolute Gasteiger partial charge is 0.289 e. The molecule has 0 N–H and O–H groups in total. The minimum absolute atomic E-state index is 0.0707. The molecule has 7 heteroatoms. The maximum Gasteiger partial charge on any atom is 0.185 e. The van der Waals surface area contributed by atoms with Crippen LogP contribution in [-0.2, 0) is 0 Å². The maximum absolute atomic E-state index is 12.8. The minimum Gasteiger partial charge on any atom is -0.289 e. The van der Waals surface area contributed by atoms with Crippen LogP contribution in [0.3, 0.4) is 0 Å². The lowest BCUT2D eigenvalue weighted by atomic mass is 10.1. The Hall–Kier alpha value is -4.10. The van der Waals surface area contributed by atoms with Gasteiger partial charge in [-0.1, -0.05) is 69.2 Å². The van der Waals surface area contributed by atoms with Crippen molar-refractivity contribution in [2.45, 2.75) is 13.8 Å². The molecule has 0 aliphatic rings. The van der Waals surface area contributed by atoms with Crippen molar-refractivity contribution in [2.75, 3.05) is 0 Å². The minimum atomic E-state index is -0.0707. The van der Waals surface area contributed by atoms with Gasteiger partial charge in [0, 0.05) is 21.8 Å². The first-order valence-corrected chi connectivity index (χ1v) is 11.9. The van der Waals surface area contributed by atoms with E-state index in [9.17, 15) is 4.79 Å². The fourth-order valence-electron chi connectivity index (χ4n) is 3.76. The third-order valence-corrected chi connectivity index (χ3v) is 6.23. The van der Waals surface area contributed by atoms with E-state index in [0.29, 0.717) is 17.0 Å². The van der Waals surface area contributed by atoms with Gasteiger partial charge in [-0.25, -0.2) is 9.36 Å². The number of hydrogen-bond donors (Lipinski definition) is 0. The van der Waals surface area contributed by atoms with E-state index < -0.39 is 0 Å². The number of aromatic nitrogens is 5. The summed E-state index contributed by atoms with van der Waals surface area (Å²) in [6, 6.07) is 25.3. The standard InChI is InChI=1S/C28H22BrN5O/c1-19-8-10-21(11-9-19)26(35)17-12-22-18-33(24-6-4-3-5-7-24)31-28(22)27-20(2)34(32-30-27)25-15-13-23(29)14-16-25/h3-18H,1-2H3/b17-12+. The number of carbonyl (C=O) groups is 1. The Morgan fingerprint density at radius 3 is 2.29 bits per heavy atom. The van der Waals surface area contributed by atoms with E-state index in [1.807, 2.05) is 98.9 Å². The second-order valence-electron chi connectivity index (χ2n) is 8.19. The average molecular weight is 524 g/mol. The van der Waals surface area contributed by atoms with Crippen molar-refractivity contribution in [3.63, 3.8) is 0 Å². The second-order valence-corrected chi connectivity index (χ2v) is 9.10. The summed E-state index contributed by atoms with van der Waals surface area (Å²) in [5.41, 5.74) is 6.51. The zero-order chi connectivity index (χ0) is 24.4. The van der Waals surface area contributed by atoms with Gasteiger partial charge in [0.05, 0.1) is 17.1 Å². The van der Waals surface area contributed by atoms with E-state index in [2.05, 4.69) is 26.2 Å². The summed E-state index contributed by atoms with van der Waals surface area (Å²) in [4.78, 5) is 12.8. The van der Waals surface area contributed by atoms with Gasteiger partial charge in [-0.2, -0.15) is 5.10 Å². The van der Waals surface area contributed by atoms with Crippen molar-refractivity contribution in [3.05, 3.63) is 118 Å². The Balaban J connectivity index is 1.56. The van der Waals surface area contributed by atoms with E-state index in [0.717, 1.165) is 32.7 Å². The van der Waals surface area contributed by atoms with Gasteiger partial charge in [-0.3, -0.25) is 4.79 Å². The van der Waals surface area contributed by atoms with Crippen LogP contribution in [0.5, 0.6) is 0 Å². The highest BCUT2D eigenvalue weighted by Gasteiger charge is 2.19. The molecule has 2 aromatic heterocycles. The topological polar surface area (TPSA) is 65.6 Å². The first-order chi connectivity index (χ1) is 17.0. The summed E-state index contributed by atoms with van der Waals surface area (Å²) >= 11 is 3.47. The number of carbonyl (C=O) groups excluding carboxylic acids is 1. The van der Waals surface area contributed by atoms with Crippen LogP contribution in [0.4, 0.5) is 0 Å². The van der Waals surface area contributed by atoms with Crippen LogP contribution < -0.4 is 0 Å². The van der Waals surface area contributed by atoms with Crippen LogP contribution in [0.2, 0.25) is 0 Å². The quantitative estimate of drug-likeness (QED) is 0.191. The third-order valence-electron chi connectivity index (χ3n) is 5.70. The number of rotatable bonds is 6. The molecular weight excluding hydrogens is 502 g/mol. The average Bonchev–Trinajstić information content (AvgIpc) is 3.47. The molecule has 3 aromatic carbocycles. The normalized spacial score (nSPS) is 11.3. The van der Waals surface area contributed by atoms with Gasteiger partial charge in [-0.15, -0.1) is 5.10 Å². The molecule has 0 saturated heterocycles. The number of halogens is 1. The molecule has 0 bridgehead atoms. The number of ketones is 1. The molecule has 6 nitrogen and oxygen atoms in total. The van der Waals surface area contributed by atoms with E-state index >= 15 is 0 Å². The lowest BCUT2D eigenvalue weighted by Crippen LogP contribution is -1.99. The number of hydrogen-bond acceptors (Lipinski definition) is 4. The first-order valence-electron chi connectivity index (χ1n) is 11.1. The van der Waals surface area contributed by atoms with Gasteiger partial charge < -0.3 is 0 Å². The molecule has 0 unspecified atom stereocenters. The monoisotopic (exact) mass is 523 g/mol. The van der Waals surface area contributed by atoms with Crippen molar-refractivity contribution in [1.29, 1.82) is 0 Å². The highest BCUT2D eigenvalue weighted by atomic mass is 79.9. The zero-order valence-electron chi connectivity index (χ0n) is 19.3. The SMILES string of the molecule is Cc1ccc(C(=O)/C=C/c2cn(-c3ccccc3)nc2-c2nnn(-c3ccc(Br)cc3)c2C)cc1. The molecule has 0 fully saturated rings. The fourth-order valence-corrected chi connectivity index (χ4v) is 4.03. The Morgan fingerprint density at radius 1 is 0.857 bits per heavy atom. The summed E-state index contributed by atoms with van der Waals surface area (Å²) < 4.78 is 4.57. The van der Waals surface area contributed by atoms with Crippen molar-refractivity contribution in [3.8, 4) is 22.8 Å². The molecule has 0 aliphatic carbocycles. The van der Waals surface area contributed by atoms with E-state index in [-0.39, 0.29) is 5.78 Å². The molecule has 0 saturated carbocycles. The van der Waals surface area contributed by atoms with Crippen LogP contribution in [0.15, 0.2) is 95.6 Å². The lowest BCUT2D eigenvalue weighted by molar-refractivity contribution is 0.104. The summed E-state index contributed by atoms with van der Waals surface area (Å²) in [6.07, 6.45) is 5.28. The molecule has 0 amide bonds. The molecule has 35 heavy (non-hydrogen) atoms. The maximum atomic E-state index is 12.8. The van der Waals surface area contributed by atoms with Crippen molar-refractivity contribution in [1.82, 2.24) is 24.8 Å². The van der Waals surface area contributed by atoms with Gasteiger partial charge in [0.25, 0.3) is 0 Å². The smallest absolute Gasteiger partial charge is 0.185 e. The molecule has 0 radical (unpaired) electrons. The van der Waals surface area contributed by atoms with Crippen LogP contribution >= 0.6 is 15.9 Å². The number of benzene rings is 3. The van der Waals surface area contributed by atoms with Gasteiger partial charge in [-0.05, 0) is 62.4 Å². The first kappa shape index (κ1) is 22.7. The second kappa shape index (κ2) is 9.64. The van der Waals surface area contributed by atoms with Crippen LogP contribution in [0.25, 0.3) is 28.8 Å². The van der Waals surface area contributed by atoms with Crippen LogP contribution in [-0.4, -0.2) is 30.6 Å². The predicted molar refractivity (Wildman–Crippen MR) is 141 cm³/mol. The third kappa shape index (κ3) is 4.76. The Bertz CT molecular complexity index is 1510. The molecule has 0 atom stereocenters. The number of allylic oxidation sites excluding steroid dienone is 1. The van der Waals surface area contributed by atoms with Gasteiger partial charge in [0.15, 0.2) is 5.78 Å². The highest BCUT2D eigenvalue weighted by Crippen LogP contribution is 2.27. The zero-order valence-corrected chi connectivity index (χ0v) is 20.8. The number of aryl methyl sites for hydroxylation is 1. The van der Waals surface area contributed by atoms with Crippen molar-refractivity contribution in [2.24, 2.45) is 0 Å². The predicted octanol–water partition coefficient (Wildman–Crippen LogP) is 6.40. The Kier molecular flexibility index (Phi) is 6.25. The van der Waals surface area contributed by atoms with E-state index in [1.165, 1.54) is 0 Å². The van der Waals surface area contributed by atoms with Gasteiger partial charge in [0.2, 0.25) is 0 Å². The fraction of sp³-hybridized carbons (Fsp3) is 0.0714. The van der Waals surface area contributed by atoms with Crippen LogP contribution in [0, 0.1) is 13.8 Å². The van der Waals surface area contributed by atoms with Gasteiger partial charge in [0.1, 0.15) is 11.4 Å². The number of nitrogens with zero attached hydrogens (tertiary/aromatic N) is 5. The van der Waals surface area contributed by atoms with E-state index in [4.69, 9.17) is 5.10 Å². The van der Waals surface area contributed by atoms with Gasteiger partial charge >= 0.3 is 0 Å². The molecule has 0 spiro atoms. The summed E-state index contributed by atoms with van der Waals surface area (Å²) in [6.45, 7) is 3.96. The molecule has 172 valence electrons. The summed E-state index contributed by atoms with van der Waals surface area (Å²) in [5, 5.41) is 13.7. The summed E-state index contributed by atoms with van der Waals surface area (Å²) in [7, 11) is 0. The molecule has 5 rings (SSSR count). The Morgan fingerprint density at radius 2 is 1.57 bits per heavy atom. The van der Waals surface area contributed by atoms with Crippen LogP contribution in [0.1, 0.15) is 27.2 Å². The molecule has 0 aliphatic heterocycles. The summed E-state index contributed by atoms with van der Waals surface area (Å²) in [5.74, 6) is -0.0707. The number of para-hydroxylation sites is 1. The van der Waals surface area contributed by atoms with E-state index in [1.54, 1.807) is 21.5 Å². The Labute approximate surface area is 211 Å². The molecule has 2 heterocycles. The lowest BCUT2D eigenvalue weighted by Gasteiger charge is -2.03. The van der Waals surface area contributed by atoms with Crippen molar-refractivity contribution >= 4 is 27.8 Å². The highest BCUT2D eigenvalue weighted by molar-refractivity contribution is 9.10.